The van der Waals surface area contributed by atoms with Gasteiger partial charge in [0.25, 0.3) is 11.6 Å². The number of rotatable bonds is 6. The van der Waals surface area contributed by atoms with Crippen LogP contribution >= 0.6 is 0 Å². The highest BCUT2D eigenvalue weighted by Crippen LogP contribution is 2.29. The highest BCUT2D eigenvalue weighted by Gasteiger charge is 2.49. The van der Waals surface area contributed by atoms with E-state index in [2.05, 4.69) is 5.32 Å². The predicted octanol–water partition coefficient (Wildman–Crippen LogP) is 2.41. The lowest BCUT2D eigenvalue weighted by Gasteiger charge is -2.22. The maximum absolute atomic E-state index is 12.8. The number of nitro groups is 1. The summed E-state index contributed by atoms with van der Waals surface area (Å²) in [5.74, 6) is -1.31. The van der Waals surface area contributed by atoms with E-state index in [0.717, 1.165) is 10.5 Å². The predicted molar refractivity (Wildman–Crippen MR) is 102 cm³/mol. The molecule has 1 atom stereocenters. The van der Waals surface area contributed by atoms with Gasteiger partial charge in [0.05, 0.1) is 4.92 Å². The molecule has 150 valence electrons. The van der Waals surface area contributed by atoms with Gasteiger partial charge in [-0.2, -0.15) is 0 Å². The zero-order valence-corrected chi connectivity index (χ0v) is 15.9. The van der Waals surface area contributed by atoms with Crippen molar-refractivity contribution in [3.8, 4) is 0 Å². The van der Waals surface area contributed by atoms with Crippen molar-refractivity contribution < 1.29 is 24.0 Å². The van der Waals surface area contributed by atoms with Crippen LogP contribution in [0.5, 0.6) is 0 Å². The molecule has 9 nitrogen and oxygen atoms in total. The number of imide groups is 1. The standard InChI is InChI=1S/C20H19N3O6/c1-13-3-7-15(8-4-13)20(2)18(25)22(19(26)21-20)11-17(24)29-12-14-5-9-16(10-6-14)23(27)28/h3-10H,11-12H2,1-2H3,(H,21,26)/t20-/m1/s1. The number of carbonyl (C=O) groups is 3. The third-order valence-corrected chi connectivity index (χ3v) is 4.74. The average molecular weight is 397 g/mol. The molecule has 3 amide bonds. The number of hydrogen-bond acceptors (Lipinski definition) is 6. The van der Waals surface area contributed by atoms with Gasteiger partial charge in [0.2, 0.25) is 0 Å². The molecule has 0 saturated carbocycles. The van der Waals surface area contributed by atoms with Crippen LogP contribution < -0.4 is 5.32 Å². The van der Waals surface area contributed by atoms with Gasteiger partial charge in [0, 0.05) is 12.1 Å². The number of urea groups is 1. The molecule has 1 fully saturated rings. The van der Waals surface area contributed by atoms with Crippen molar-refractivity contribution in [2.24, 2.45) is 0 Å². The fourth-order valence-corrected chi connectivity index (χ4v) is 2.98. The topological polar surface area (TPSA) is 119 Å². The molecule has 0 spiro atoms. The number of carbonyl (C=O) groups excluding carboxylic acids is 3. The van der Waals surface area contributed by atoms with Crippen LogP contribution in [0, 0.1) is 17.0 Å². The Morgan fingerprint density at radius 1 is 1.14 bits per heavy atom. The monoisotopic (exact) mass is 397 g/mol. The highest BCUT2D eigenvalue weighted by molar-refractivity contribution is 6.08. The molecule has 1 saturated heterocycles. The number of esters is 1. The van der Waals surface area contributed by atoms with Crippen molar-refractivity contribution in [3.63, 3.8) is 0 Å². The number of ether oxygens (including phenoxy) is 1. The zero-order valence-electron chi connectivity index (χ0n) is 15.9. The molecule has 1 aliphatic heterocycles. The van der Waals surface area contributed by atoms with E-state index in [-0.39, 0.29) is 12.3 Å². The summed E-state index contributed by atoms with van der Waals surface area (Å²) < 4.78 is 5.09. The van der Waals surface area contributed by atoms with Crippen molar-refractivity contribution in [1.29, 1.82) is 0 Å². The van der Waals surface area contributed by atoms with E-state index < -0.39 is 34.9 Å². The molecule has 0 bridgehead atoms. The van der Waals surface area contributed by atoms with Gasteiger partial charge in [-0.05, 0) is 37.1 Å². The largest absolute Gasteiger partial charge is 0.459 e. The van der Waals surface area contributed by atoms with Crippen molar-refractivity contribution in [3.05, 3.63) is 75.3 Å². The number of benzene rings is 2. The molecule has 0 radical (unpaired) electrons. The minimum atomic E-state index is -1.26. The molecular weight excluding hydrogens is 378 g/mol. The zero-order chi connectivity index (χ0) is 21.2. The fourth-order valence-electron chi connectivity index (χ4n) is 2.98. The van der Waals surface area contributed by atoms with Gasteiger partial charge in [-0.25, -0.2) is 4.79 Å². The Morgan fingerprint density at radius 3 is 2.34 bits per heavy atom. The van der Waals surface area contributed by atoms with Crippen molar-refractivity contribution >= 4 is 23.6 Å². The van der Waals surface area contributed by atoms with Crippen LogP contribution in [0.4, 0.5) is 10.5 Å². The first-order valence-electron chi connectivity index (χ1n) is 8.81. The van der Waals surface area contributed by atoms with Crippen molar-refractivity contribution in [2.75, 3.05) is 6.54 Å². The highest BCUT2D eigenvalue weighted by atomic mass is 16.6. The average Bonchev–Trinajstić information content (AvgIpc) is 2.91. The summed E-state index contributed by atoms with van der Waals surface area (Å²) in [4.78, 5) is 48.1. The summed E-state index contributed by atoms with van der Waals surface area (Å²) in [7, 11) is 0. The van der Waals surface area contributed by atoms with Crippen LogP contribution in [-0.4, -0.2) is 34.3 Å². The lowest BCUT2D eigenvalue weighted by atomic mass is 9.91. The van der Waals surface area contributed by atoms with Gasteiger partial charge < -0.3 is 10.1 Å². The molecule has 3 rings (SSSR count). The van der Waals surface area contributed by atoms with Gasteiger partial charge in [-0.1, -0.05) is 29.8 Å². The van der Waals surface area contributed by atoms with Crippen LogP contribution in [0.15, 0.2) is 48.5 Å². The van der Waals surface area contributed by atoms with E-state index in [1.54, 1.807) is 19.1 Å². The molecule has 0 aliphatic carbocycles. The minimum Gasteiger partial charge on any atom is -0.459 e. The lowest BCUT2D eigenvalue weighted by molar-refractivity contribution is -0.384. The van der Waals surface area contributed by atoms with Gasteiger partial charge >= 0.3 is 12.0 Å². The van der Waals surface area contributed by atoms with E-state index in [1.807, 2.05) is 19.1 Å². The third kappa shape index (κ3) is 4.08. The Morgan fingerprint density at radius 2 is 1.76 bits per heavy atom. The quantitative estimate of drug-likeness (QED) is 0.346. The third-order valence-electron chi connectivity index (χ3n) is 4.74. The van der Waals surface area contributed by atoms with Crippen molar-refractivity contribution in [2.45, 2.75) is 26.0 Å². The molecular formula is C20H19N3O6. The van der Waals surface area contributed by atoms with E-state index in [0.29, 0.717) is 11.1 Å². The lowest BCUT2D eigenvalue weighted by Crippen LogP contribution is -2.41. The van der Waals surface area contributed by atoms with Gasteiger partial charge in [-0.3, -0.25) is 24.6 Å². The Kier molecular flexibility index (Phi) is 5.31. The summed E-state index contributed by atoms with van der Waals surface area (Å²) in [6.45, 7) is 2.84. The fraction of sp³-hybridized carbons (Fsp3) is 0.250. The first-order valence-corrected chi connectivity index (χ1v) is 8.81. The Hall–Kier alpha value is -3.75. The summed E-state index contributed by atoms with van der Waals surface area (Å²) in [6.07, 6.45) is 0. The summed E-state index contributed by atoms with van der Waals surface area (Å²) in [5, 5.41) is 13.3. The SMILES string of the molecule is Cc1ccc([C@@]2(C)NC(=O)N(CC(=O)OCc3ccc([N+](=O)[O-])cc3)C2=O)cc1. The molecule has 2 aromatic carbocycles. The molecule has 9 heteroatoms. The Bertz CT molecular complexity index is 971. The first-order chi connectivity index (χ1) is 13.7. The maximum atomic E-state index is 12.8. The molecule has 2 aromatic rings. The molecule has 1 N–H and O–H groups in total. The number of non-ortho nitro benzene ring substituents is 1. The molecule has 1 aliphatic rings. The number of amides is 3. The normalized spacial score (nSPS) is 18.5. The molecule has 1 heterocycles. The van der Waals surface area contributed by atoms with E-state index >= 15 is 0 Å². The number of hydrogen-bond donors (Lipinski definition) is 1. The Balaban J connectivity index is 1.62. The van der Waals surface area contributed by atoms with E-state index in [4.69, 9.17) is 4.74 Å². The van der Waals surface area contributed by atoms with Crippen LogP contribution in [0.25, 0.3) is 0 Å². The first kappa shape index (κ1) is 20.0. The second kappa shape index (κ2) is 7.70. The smallest absolute Gasteiger partial charge is 0.326 e. The van der Waals surface area contributed by atoms with Crippen LogP contribution in [0.2, 0.25) is 0 Å². The minimum absolute atomic E-state index is 0.0743. The van der Waals surface area contributed by atoms with Crippen LogP contribution in [0.3, 0.4) is 0 Å². The van der Waals surface area contributed by atoms with Crippen LogP contribution in [0.1, 0.15) is 23.6 Å². The molecule has 0 unspecified atom stereocenters. The number of nitrogens with one attached hydrogen (secondary N) is 1. The van der Waals surface area contributed by atoms with Gasteiger partial charge in [0.15, 0.2) is 0 Å². The number of aryl methyl sites for hydroxylation is 1. The van der Waals surface area contributed by atoms with Gasteiger partial charge in [-0.15, -0.1) is 0 Å². The van der Waals surface area contributed by atoms with Crippen molar-refractivity contribution in [1.82, 2.24) is 10.2 Å². The Labute approximate surface area is 166 Å². The second-order valence-corrected chi connectivity index (χ2v) is 6.90. The number of nitro benzene ring substituents is 1. The maximum Gasteiger partial charge on any atom is 0.326 e. The van der Waals surface area contributed by atoms with E-state index in [1.165, 1.54) is 24.3 Å². The second-order valence-electron chi connectivity index (χ2n) is 6.90. The summed E-state index contributed by atoms with van der Waals surface area (Å²) in [6, 6.07) is 12.0. The number of nitrogens with zero attached hydrogens (tertiary/aromatic N) is 2. The van der Waals surface area contributed by atoms with E-state index in [9.17, 15) is 24.5 Å². The molecule has 0 aromatic heterocycles. The summed E-state index contributed by atoms with van der Waals surface area (Å²) in [5.41, 5.74) is 0.841. The van der Waals surface area contributed by atoms with Crippen LogP contribution in [-0.2, 0) is 26.5 Å². The summed E-state index contributed by atoms with van der Waals surface area (Å²) >= 11 is 0. The molecule has 29 heavy (non-hydrogen) atoms. The van der Waals surface area contributed by atoms with Gasteiger partial charge in [0.1, 0.15) is 18.7 Å².